The van der Waals surface area contributed by atoms with Crippen molar-refractivity contribution in [3.63, 3.8) is 0 Å². The van der Waals surface area contributed by atoms with Gasteiger partial charge in [0.2, 0.25) is 5.82 Å². The van der Waals surface area contributed by atoms with Gasteiger partial charge in [-0.25, -0.2) is 0 Å². The average molecular weight is 443 g/mol. The topological polar surface area (TPSA) is 84.0 Å². The molecule has 1 aliphatic carbocycles. The van der Waals surface area contributed by atoms with Crippen LogP contribution in [0.3, 0.4) is 0 Å². The van der Waals surface area contributed by atoms with E-state index in [1.165, 1.54) is 43.2 Å². The summed E-state index contributed by atoms with van der Waals surface area (Å²) in [5.41, 5.74) is 5.59. The minimum Gasteiger partial charge on any atom is -0.550 e. The molecule has 2 aromatic carbocycles. The molecule has 2 aromatic heterocycles. The van der Waals surface area contributed by atoms with Crippen molar-refractivity contribution in [1.82, 2.24) is 14.7 Å². The van der Waals surface area contributed by atoms with Crippen LogP contribution >= 0.6 is 0 Å². The molecular formula is C27H28N3O3-. The fraction of sp³-hybridized carbons (Fsp3) is 0.370. The molecule has 0 radical (unpaired) electrons. The highest BCUT2D eigenvalue weighted by atomic mass is 16.5. The minimum atomic E-state index is -1.06. The normalized spacial score (nSPS) is 14.7. The van der Waals surface area contributed by atoms with Crippen LogP contribution in [0.5, 0.6) is 0 Å². The van der Waals surface area contributed by atoms with Gasteiger partial charge in [0, 0.05) is 47.2 Å². The number of aromatic nitrogens is 3. The lowest BCUT2D eigenvalue weighted by molar-refractivity contribution is -0.305. The van der Waals surface area contributed by atoms with Gasteiger partial charge in [0.15, 0.2) is 0 Å². The maximum Gasteiger partial charge on any atom is 0.258 e. The van der Waals surface area contributed by atoms with Crippen molar-refractivity contribution in [1.29, 1.82) is 0 Å². The number of hydrogen-bond acceptors (Lipinski definition) is 5. The van der Waals surface area contributed by atoms with E-state index in [1.54, 1.807) is 0 Å². The summed E-state index contributed by atoms with van der Waals surface area (Å²) in [5, 5.41) is 16.1. The van der Waals surface area contributed by atoms with Crippen molar-refractivity contribution < 1.29 is 14.4 Å². The van der Waals surface area contributed by atoms with Crippen LogP contribution in [0.25, 0.3) is 33.7 Å². The quantitative estimate of drug-likeness (QED) is 0.397. The molecule has 0 saturated heterocycles. The summed E-state index contributed by atoms with van der Waals surface area (Å²) >= 11 is 0. The number of nitrogens with zero attached hydrogens (tertiary/aromatic N) is 3. The third kappa shape index (κ3) is 4.30. The monoisotopic (exact) mass is 442 g/mol. The molecule has 6 nitrogen and oxygen atoms in total. The highest BCUT2D eigenvalue weighted by molar-refractivity contribution is 5.94. The van der Waals surface area contributed by atoms with E-state index in [4.69, 9.17) is 9.51 Å². The van der Waals surface area contributed by atoms with Crippen LogP contribution in [-0.2, 0) is 17.8 Å². The second-order valence-corrected chi connectivity index (χ2v) is 8.89. The number of aliphatic carboxylic acids is 1. The molecule has 5 rings (SSSR count). The van der Waals surface area contributed by atoms with Crippen LogP contribution < -0.4 is 5.11 Å². The fourth-order valence-electron chi connectivity index (χ4n) is 5.13. The zero-order valence-electron chi connectivity index (χ0n) is 18.9. The van der Waals surface area contributed by atoms with Gasteiger partial charge in [0.25, 0.3) is 5.89 Å². The third-order valence-corrected chi connectivity index (χ3v) is 6.85. The maximum absolute atomic E-state index is 10.9. The van der Waals surface area contributed by atoms with Crippen LogP contribution in [0.1, 0.15) is 62.5 Å². The summed E-state index contributed by atoms with van der Waals surface area (Å²) in [6, 6.07) is 14.4. The highest BCUT2D eigenvalue weighted by Gasteiger charge is 2.20. The molecule has 0 unspecified atom stereocenters. The van der Waals surface area contributed by atoms with Gasteiger partial charge >= 0.3 is 0 Å². The fourth-order valence-corrected chi connectivity index (χ4v) is 5.13. The minimum absolute atomic E-state index is 0.0308. The standard InChI is InChI=1S/C27H29N3O3/c1-2-18-17-20(11-12-21(18)19-7-4-3-5-8-19)27-28-26(29-33-27)23-9-6-10-24-22(23)13-15-30(24)16-14-25(31)32/h6,9-13,15,17,19H,2-5,7-8,14,16H2,1H3,(H,31,32)/p-1. The van der Waals surface area contributed by atoms with Crippen molar-refractivity contribution in [3.05, 3.63) is 59.8 Å². The number of fused-ring (bicyclic) bond motifs is 1. The third-order valence-electron chi connectivity index (χ3n) is 6.85. The number of carboxylic acid groups (broad SMARTS) is 1. The summed E-state index contributed by atoms with van der Waals surface area (Å²) in [6.07, 6.45) is 9.40. The molecule has 0 atom stereocenters. The van der Waals surface area contributed by atoms with Crippen LogP contribution in [0.4, 0.5) is 0 Å². The van der Waals surface area contributed by atoms with E-state index < -0.39 is 5.97 Å². The smallest absolute Gasteiger partial charge is 0.258 e. The summed E-state index contributed by atoms with van der Waals surface area (Å²) < 4.78 is 7.58. The predicted molar refractivity (Wildman–Crippen MR) is 125 cm³/mol. The molecule has 0 spiro atoms. The molecule has 6 heteroatoms. The summed E-state index contributed by atoms with van der Waals surface area (Å²) in [4.78, 5) is 15.6. The van der Waals surface area contributed by atoms with Gasteiger partial charge in [0.1, 0.15) is 0 Å². The lowest BCUT2D eigenvalue weighted by atomic mass is 9.81. The van der Waals surface area contributed by atoms with E-state index in [0.29, 0.717) is 24.2 Å². The van der Waals surface area contributed by atoms with E-state index in [-0.39, 0.29) is 6.42 Å². The second kappa shape index (κ2) is 9.22. The predicted octanol–water partition coefficient (Wildman–Crippen LogP) is 5.11. The first-order valence-corrected chi connectivity index (χ1v) is 11.9. The molecular weight excluding hydrogens is 414 g/mol. The summed E-state index contributed by atoms with van der Waals surface area (Å²) in [5.74, 6) is 0.655. The van der Waals surface area contributed by atoms with Crippen molar-refractivity contribution in [2.45, 2.75) is 64.3 Å². The number of carbonyl (C=O) groups is 1. The Balaban J connectivity index is 1.45. The summed E-state index contributed by atoms with van der Waals surface area (Å²) in [7, 11) is 0. The number of benzene rings is 2. The van der Waals surface area contributed by atoms with E-state index >= 15 is 0 Å². The van der Waals surface area contributed by atoms with Gasteiger partial charge in [-0.3, -0.25) is 0 Å². The molecule has 0 N–H and O–H groups in total. The zero-order chi connectivity index (χ0) is 22.8. The molecule has 0 bridgehead atoms. The average Bonchev–Trinajstić information content (AvgIpc) is 3.50. The Morgan fingerprint density at radius 2 is 2.00 bits per heavy atom. The first-order chi connectivity index (χ1) is 16.1. The highest BCUT2D eigenvalue weighted by Crippen LogP contribution is 2.36. The molecule has 4 aromatic rings. The van der Waals surface area contributed by atoms with Crippen LogP contribution in [-0.4, -0.2) is 20.7 Å². The molecule has 170 valence electrons. The van der Waals surface area contributed by atoms with Crippen LogP contribution in [0, 0.1) is 0 Å². The Bertz CT molecular complexity index is 1280. The van der Waals surface area contributed by atoms with Crippen molar-refractivity contribution in [3.8, 4) is 22.8 Å². The van der Waals surface area contributed by atoms with Crippen molar-refractivity contribution >= 4 is 16.9 Å². The molecule has 33 heavy (non-hydrogen) atoms. The van der Waals surface area contributed by atoms with Gasteiger partial charge in [0.05, 0.1) is 0 Å². The van der Waals surface area contributed by atoms with Crippen molar-refractivity contribution in [2.24, 2.45) is 0 Å². The number of carboxylic acids is 1. The van der Waals surface area contributed by atoms with Gasteiger partial charge in [-0.1, -0.05) is 49.5 Å². The van der Waals surface area contributed by atoms with Gasteiger partial charge in [-0.05, 0) is 60.6 Å². The number of hydrogen-bond donors (Lipinski definition) is 0. The Morgan fingerprint density at radius 1 is 1.15 bits per heavy atom. The van der Waals surface area contributed by atoms with Gasteiger partial charge in [-0.15, -0.1) is 0 Å². The maximum atomic E-state index is 10.9. The Hall–Kier alpha value is -3.41. The molecule has 1 fully saturated rings. The van der Waals surface area contributed by atoms with E-state index in [9.17, 15) is 9.90 Å². The number of rotatable bonds is 7. The van der Waals surface area contributed by atoms with Crippen molar-refractivity contribution in [2.75, 3.05) is 0 Å². The number of carbonyl (C=O) groups excluding carboxylic acids is 1. The zero-order valence-corrected chi connectivity index (χ0v) is 18.9. The largest absolute Gasteiger partial charge is 0.550 e. The second-order valence-electron chi connectivity index (χ2n) is 8.89. The molecule has 0 aliphatic heterocycles. The van der Waals surface area contributed by atoms with E-state index in [1.807, 2.05) is 35.0 Å². The van der Waals surface area contributed by atoms with Crippen LogP contribution in [0.2, 0.25) is 0 Å². The lowest BCUT2D eigenvalue weighted by Crippen LogP contribution is -2.23. The van der Waals surface area contributed by atoms with Gasteiger partial charge in [-0.2, -0.15) is 4.98 Å². The number of aryl methyl sites for hydroxylation is 2. The lowest BCUT2D eigenvalue weighted by Gasteiger charge is -2.24. The Labute approximate surface area is 193 Å². The molecule has 0 amide bonds. The molecule has 1 saturated carbocycles. The molecule has 2 heterocycles. The SMILES string of the molecule is CCc1cc(-c2nc(-c3cccc4c3ccn4CCC(=O)[O-])no2)ccc1C1CCCCC1. The Kier molecular flexibility index (Phi) is 5.99. The van der Waals surface area contributed by atoms with E-state index in [0.717, 1.165) is 28.5 Å². The summed E-state index contributed by atoms with van der Waals surface area (Å²) in [6.45, 7) is 2.57. The van der Waals surface area contributed by atoms with E-state index in [2.05, 4.69) is 30.3 Å². The first-order valence-electron chi connectivity index (χ1n) is 11.9. The molecule has 1 aliphatic rings. The van der Waals surface area contributed by atoms with Gasteiger partial charge < -0.3 is 19.0 Å². The Morgan fingerprint density at radius 3 is 2.79 bits per heavy atom. The first kappa shape index (κ1) is 21.4. The van der Waals surface area contributed by atoms with Crippen LogP contribution in [0.15, 0.2) is 53.2 Å².